The summed E-state index contributed by atoms with van der Waals surface area (Å²) in [7, 11) is 0. The Labute approximate surface area is 218 Å². The van der Waals surface area contributed by atoms with Crippen molar-refractivity contribution in [2.75, 3.05) is 39.5 Å². The highest BCUT2D eigenvalue weighted by atomic mass is 16.7. The predicted molar refractivity (Wildman–Crippen MR) is 136 cm³/mol. The van der Waals surface area contributed by atoms with Crippen LogP contribution in [0.15, 0.2) is 18.2 Å². The Hall–Kier alpha value is -2.85. The third kappa shape index (κ3) is 7.13. The molecule has 1 saturated heterocycles. The van der Waals surface area contributed by atoms with Crippen LogP contribution in [0.25, 0.3) is 0 Å². The van der Waals surface area contributed by atoms with E-state index < -0.39 is 12.0 Å². The van der Waals surface area contributed by atoms with E-state index in [1.807, 2.05) is 36.9 Å². The Morgan fingerprint density at radius 2 is 1.84 bits per heavy atom. The Morgan fingerprint density at radius 3 is 2.51 bits per heavy atom. The molecule has 0 bridgehead atoms. The molecular formula is C27H40N4O6. The van der Waals surface area contributed by atoms with Crippen LogP contribution in [0.1, 0.15) is 51.5 Å². The van der Waals surface area contributed by atoms with E-state index in [0.29, 0.717) is 36.9 Å². The van der Waals surface area contributed by atoms with Crippen LogP contribution in [0, 0.1) is 17.8 Å². The summed E-state index contributed by atoms with van der Waals surface area (Å²) in [6.45, 7) is 7.45. The smallest absolute Gasteiger partial charge is 0.245 e. The van der Waals surface area contributed by atoms with Gasteiger partial charge in [-0.05, 0) is 36.0 Å². The second-order valence-electron chi connectivity index (χ2n) is 10.8. The molecule has 37 heavy (non-hydrogen) atoms. The molecule has 10 heteroatoms. The third-order valence-electron chi connectivity index (χ3n) is 7.75. The van der Waals surface area contributed by atoms with Gasteiger partial charge >= 0.3 is 0 Å². The summed E-state index contributed by atoms with van der Waals surface area (Å²) < 4.78 is 10.9. The maximum Gasteiger partial charge on any atom is 0.245 e. The topological polar surface area (TPSA) is 112 Å². The average Bonchev–Trinajstić information content (AvgIpc) is 3.58. The van der Waals surface area contributed by atoms with Crippen LogP contribution in [-0.2, 0) is 20.9 Å². The summed E-state index contributed by atoms with van der Waals surface area (Å²) >= 11 is 0. The van der Waals surface area contributed by atoms with Crippen molar-refractivity contribution in [2.24, 2.45) is 17.8 Å². The van der Waals surface area contributed by atoms with E-state index in [9.17, 15) is 19.6 Å². The molecule has 0 spiro atoms. The largest absolute Gasteiger partial charge is 0.454 e. The van der Waals surface area contributed by atoms with Crippen LogP contribution < -0.4 is 14.8 Å². The molecule has 1 aromatic carbocycles. The molecule has 0 aromatic heterocycles. The number of carbonyl (C=O) groups excluding carboxylic acids is 3. The highest BCUT2D eigenvalue weighted by Gasteiger charge is 2.34. The average molecular weight is 517 g/mol. The number of nitrogens with zero attached hydrogens (tertiary/aromatic N) is 3. The summed E-state index contributed by atoms with van der Waals surface area (Å²) in [5, 5.41) is 13.3. The molecule has 4 rings (SSSR count). The summed E-state index contributed by atoms with van der Waals surface area (Å²) in [6.07, 6.45) is 5.32. The summed E-state index contributed by atoms with van der Waals surface area (Å²) in [6, 6.07) is 5.32. The van der Waals surface area contributed by atoms with Gasteiger partial charge in [0.1, 0.15) is 6.04 Å². The number of ether oxygens (including phenoxy) is 2. The van der Waals surface area contributed by atoms with Crippen molar-refractivity contribution >= 4 is 18.2 Å². The molecule has 2 aliphatic heterocycles. The zero-order valence-electron chi connectivity index (χ0n) is 21.9. The van der Waals surface area contributed by atoms with E-state index in [2.05, 4.69) is 10.2 Å². The first kappa shape index (κ1) is 27.2. The van der Waals surface area contributed by atoms with E-state index in [0.717, 1.165) is 62.4 Å². The van der Waals surface area contributed by atoms with Gasteiger partial charge in [-0.15, -0.1) is 0 Å². The van der Waals surface area contributed by atoms with Gasteiger partial charge in [0.15, 0.2) is 11.5 Å². The monoisotopic (exact) mass is 516 g/mol. The minimum absolute atomic E-state index is 0.0661. The Morgan fingerprint density at radius 1 is 1.14 bits per heavy atom. The van der Waals surface area contributed by atoms with Crippen LogP contribution in [0.5, 0.6) is 11.5 Å². The molecule has 2 fully saturated rings. The first-order valence-electron chi connectivity index (χ1n) is 13.4. The van der Waals surface area contributed by atoms with Crippen molar-refractivity contribution < 1.29 is 29.1 Å². The number of fused-ring (bicyclic) bond motifs is 1. The Kier molecular flexibility index (Phi) is 9.26. The summed E-state index contributed by atoms with van der Waals surface area (Å²) in [5.74, 6) is 0.942. The summed E-state index contributed by atoms with van der Waals surface area (Å²) in [4.78, 5) is 41.9. The number of rotatable bonds is 11. The maximum absolute atomic E-state index is 13.5. The van der Waals surface area contributed by atoms with Gasteiger partial charge in [-0.3, -0.25) is 24.5 Å². The van der Waals surface area contributed by atoms with E-state index in [1.165, 1.54) is 0 Å². The lowest BCUT2D eigenvalue weighted by atomic mass is 9.91. The van der Waals surface area contributed by atoms with Gasteiger partial charge in [0.05, 0.1) is 12.5 Å². The fourth-order valence-corrected chi connectivity index (χ4v) is 5.59. The molecule has 2 heterocycles. The molecule has 1 aromatic rings. The summed E-state index contributed by atoms with van der Waals surface area (Å²) in [5.41, 5.74) is 1.14. The Bertz CT molecular complexity index is 943. The fourth-order valence-electron chi connectivity index (χ4n) is 5.59. The van der Waals surface area contributed by atoms with Crippen LogP contribution in [0.4, 0.5) is 0 Å². The molecule has 10 nitrogen and oxygen atoms in total. The van der Waals surface area contributed by atoms with Gasteiger partial charge in [-0.25, -0.2) is 5.06 Å². The van der Waals surface area contributed by atoms with Crippen LogP contribution in [0.3, 0.4) is 0 Å². The van der Waals surface area contributed by atoms with Gasteiger partial charge in [0, 0.05) is 32.7 Å². The van der Waals surface area contributed by atoms with Gasteiger partial charge in [0.2, 0.25) is 25.0 Å². The lowest BCUT2D eigenvalue weighted by molar-refractivity contribution is -0.155. The van der Waals surface area contributed by atoms with Crippen LogP contribution in [-0.4, -0.2) is 83.9 Å². The van der Waals surface area contributed by atoms with Crippen LogP contribution >= 0.6 is 0 Å². The lowest BCUT2D eigenvalue weighted by Gasteiger charge is -2.37. The lowest BCUT2D eigenvalue weighted by Crippen LogP contribution is -2.57. The second kappa shape index (κ2) is 12.6. The molecule has 3 aliphatic rings. The van der Waals surface area contributed by atoms with Gasteiger partial charge < -0.3 is 19.7 Å². The quantitative estimate of drug-likeness (QED) is 0.264. The third-order valence-corrected chi connectivity index (χ3v) is 7.75. The predicted octanol–water partition coefficient (Wildman–Crippen LogP) is 2.24. The minimum atomic E-state index is -0.651. The molecule has 0 unspecified atom stereocenters. The number of benzene rings is 1. The molecule has 2 atom stereocenters. The first-order valence-corrected chi connectivity index (χ1v) is 13.4. The number of hydrogen-bond acceptors (Lipinski definition) is 7. The van der Waals surface area contributed by atoms with Crippen molar-refractivity contribution in [3.8, 4) is 11.5 Å². The molecule has 0 radical (unpaired) electrons. The van der Waals surface area contributed by atoms with E-state index >= 15 is 0 Å². The molecule has 3 amide bonds. The van der Waals surface area contributed by atoms with Gasteiger partial charge in [0.25, 0.3) is 0 Å². The Balaban J connectivity index is 1.32. The number of nitrogens with one attached hydrogen (secondary N) is 1. The zero-order chi connectivity index (χ0) is 26.4. The van der Waals surface area contributed by atoms with Crippen molar-refractivity contribution in [3.63, 3.8) is 0 Å². The second-order valence-corrected chi connectivity index (χ2v) is 10.8. The number of carbonyl (C=O) groups is 3. The first-order chi connectivity index (χ1) is 17.8. The van der Waals surface area contributed by atoms with Gasteiger partial charge in [-0.1, -0.05) is 45.6 Å². The zero-order valence-corrected chi connectivity index (χ0v) is 21.9. The van der Waals surface area contributed by atoms with E-state index in [1.54, 1.807) is 0 Å². The molecule has 204 valence electrons. The number of amides is 3. The number of hydroxylamine groups is 2. The van der Waals surface area contributed by atoms with Crippen molar-refractivity contribution in [1.29, 1.82) is 0 Å². The van der Waals surface area contributed by atoms with Crippen LogP contribution in [0.2, 0.25) is 0 Å². The molecule has 1 saturated carbocycles. The van der Waals surface area contributed by atoms with Gasteiger partial charge in [-0.2, -0.15) is 0 Å². The normalized spacial score (nSPS) is 19.6. The SMILES string of the molecule is CC(C)[C@H](NC(=O)[C@H](CC1CCCC1)CN(O)C=O)C(=O)N1CCN(Cc2ccc3c(c2)OCO3)CC1. The molecular weight excluding hydrogens is 476 g/mol. The van der Waals surface area contributed by atoms with E-state index in [4.69, 9.17) is 9.47 Å². The number of hydrogen-bond donors (Lipinski definition) is 2. The van der Waals surface area contributed by atoms with E-state index in [-0.39, 0.29) is 31.1 Å². The van der Waals surface area contributed by atoms with Crippen molar-refractivity contribution in [2.45, 2.75) is 58.5 Å². The fraction of sp³-hybridized carbons (Fsp3) is 0.667. The van der Waals surface area contributed by atoms with Crippen molar-refractivity contribution in [1.82, 2.24) is 20.2 Å². The molecule has 2 N–H and O–H groups in total. The number of piperazine rings is 1. The maximum atomic E-state index is 13.5. The van der Waals surface area contributed by atoms with Crippen molar-refractivity contribution in [3.05, 3.63) is 23.8 Å². The molecule has 1 aliphatic carbocycles. The standard InChI is InChI=1S/C27H40N4O6/c1-19(2)25(28-26(33)22(16-31(35)17-32)13-20-5-3-4-6-20)27(34)30-11-9-29(10-12-30)15-21-7-8-23-24(14-21)37-18-36-23/h7-8,14,17,19-20,22,25,35H,3-6,9-13,15-16,18H2,1-2H3,(H,28,33)/t22-,25+/m1/s1. The highest BCUT2D eigenvalue weighted by Crippen LogP contribution is 2.33. The highest BCUT2D eigenvalue weighted by molar-refractivity contribution is 5.89. The minimum Gasteiger partial charge on any atom is -0.454 e.